The highest BCUT2D eigenvalue weighted by molar-refractivity contribution is 5.56. The molecule has 0 unspecified atom stereocenters. The minimum atomic E-state index is -0.491. The number of rotatable bonds is 5. The first-order chi connectivity index (χ1) is 9.99. The quantitative estimate of drug-likeness (QED) is 0.496. The average Bonchev–Trinajstić information content (AvgIpc) is 2.47. The summed E-state index contributed by atoms with van der Waals surface area (Å²) in [5.41, 5.74) is 3.92. The molecule has 0 heterocycles. The van der Waals surface area contributed by atoms with Crippen LogP contribution in [0.4, 0.5) is 11.4 Å². The van der Waals surface area contributed by atoms with Crippen LogP contribution in [-0.2, 0) is 0 Å². The zero-order valence-electron chi connectivity index (χ0n) is 11.9. The maximum absolute atomic E-state index is 10.9. The second-order valence-corrected chi connectivity index (χ2v) is 4.94. The van der Waals surface area contributed by atoms with E-state index in [1.54, 1.807) is 6.07 Å². The molecule has 110 valence electrons. The summed E-state index contributed by atoms with van der Waals surface area (Å²) in [6.07, 6.45) is 0. The van der Waals surface area contributed by atoms with Crippen LogP contribution in [0.2, 0.25) is 0 Å². The third kappa shape index (κ3) is 3.70. The van der Waals surface area contributed by atoms with Crippen molar-refractivity contribution in [3.63, 3.8) is 0 Å². The summed E-state index contributed by atoms with van der Waals surface area (Å²) in [5.74, 6) is 6.71. The van der Waals surface area contributed by atoms with Gasteiger partial charge in [-0.15, -0.1) is 0 Å². The summed E-state index contributed by atoms with van der Waals surface area (Å²) in [7, 11) is 0. The van der Waals surface area contributed by atoms with Gasteiger partial charge in [0.1, 0.15) is 11.5 Å². The Bertz CT molecular complexity index is 639. The lowest BCUT2D eigenvalue weighted by atomic mass is 10.0. The molecule has 0 bridgehead atoms. The van der Waals surface area contributed by atoms with E-state index in [1.165, 1.54) is 17.7 Å². The van der Waals surface area contributed by atoms with Gasteiger partial charge in [0.2, 0.25) is 0 Å². The van der Waals surface area contributed by atoms with E-state index < -0.39 is 4.92 Å². The maximum Gasteiger partial charge on any atom is 0.275 e. The van der Waals surface area contributed by atoms with Crippen LogP contribution in [0.3, 0.4) is 0 Å². The van der Waals surface area contributed by atoms with Gasteiger partial charge >= 0.3 is 0 Å². The molecule has 0 aliphatic rings. The van der Waals surface area contributed by atoms with E-state index >= 15 is 0 Å². The van der Waals surface area contributed by atoms with Gasteiger partial charge < -0.3 is 10.2 Å². The number of hydrazine groups is 1. The monoisotopic (exact) mass is 287 g/mol. The minimum absolute atomic E-state index is 0.0840. The molecule has 0 aliphatic heterocycles. The van der Waals surface area contributed by atoms with E-state index in [9.17, 15) is 10.1 Å². The van der Waals surface area contributed by atoms with Crippen molar-refractivity contribution in [2.75, 3.05) is 5.43 Å². The molecule has 6 heteroatoms. The molecule has 0 saturated heterocycles. The molecule has 3 N–H and O–H groups in total. The Morgan fingerprint density at radius 2 is 1.81 bits per heavy atom. The van der Waals surface area contributed by atoms with Crippen LogP contribution in [0.25, 0.3) is 0 Å². The number of nitrogens with zero attached hydrogens (tertiary/aromatic N) is 1. The SMILES string of the molecule is CC(C)c1ccc(Oc2cc(NN)cc([N+](=O)[O-])c2)cc1. The number of hydrogen-bond donors (Lipinski definition) is 2. The largest absolute Gasteiger partial charge is 0.457 e. The van der Waals surface area contributed by atoms with E-state index in [0.29, 0.717) is 23.1 Å². The molecule has 6 nitrogen and oxygen atoms in total. The fraction of sp³-hybridized carbons (Fsp3) is 0.200. The van der Waals surface area contributed by atoms with Crippen molar-refractivity contribution in [3.8, 4) is 11.5 Å². The number of nitrogens with one attached hydrogen (secondary N) is 1. The lowest BCUT2D eigenvalue weighted by Gasteiger charge is -2.10. The fourth-order valence-electron chi connectivity index (χ4n) is 1.89. The predicted molar refractivity (Wildman–Crippen MR) is 81.5 cm³/mol. The van der Waals surface area contributed by atoms with Gasteiger partial charge in [0, 0.05) is 12.1 Å². The molecule has 2 rings (SSSR count). The molecule has 2 aromatic rings. The highest BCUT2D eigenvalue weighted by atomic mass is 16.6. The second kappa shape index (κ2) is 6.23. The summed E-state index contributed by atoms with van der Waals surface area (Å²) in [5, 5.41) is 10.9. The van der Waals surface area contributed by atoms with Crippen LogP contribution >= 0.6 is 0 Å². The molecule has 0 spiro atoms. The molecule has 0 radical (unpaired) electrons. The molecular formula is C15H17N3O3. The number of nitrogens with two attached hydrogens (primary N) is 1. The number of hydrogen-bond acceptors (Lipinski definition) is 5. The van der Waals surface area contributed by atoms with Crippen LogP contribution in [-0.4, -0.2) is 4.92 Å². The van der Waals surface area contributed by atoms with Crippen molar-refractivity contribution in [2.45, 2.75) is 19.8 Å². The second-order valence-electron chi connectivity index (χ2n) is 4.94. The van der Waals surface area contributed by atoms with E-state index in [1.807, 2.05) is 24.3 Å². The van der Waals surface area contributed by atoms with Crippen LogP contribution in [0.1, 0.15) is 25.3 Å². The Balaban J connectivity index is 2.26. The average molecular weight is 287 g/mol. The number of nitro groups is 1. The summed E-state index contributed by atoms with van der Waals surface area (Å²) in [6, 6.07) is 11.9. The Morgan fingerprint density at radius 1 is 1.14 bits per heavy atom. The normalized spacial score (nSPS) is 10.5. The Labute approximate surface area is 122 Å². The van der Waals surface area contributed by atoms with Crippen molar-refractivity contribution < 1.29 is 9.66 Å². The maximum atomic E-state index is 10.9. The highest BCUT2D eigenvalue weighted by Crippen LogP contribution is 2.30. The molecule has 0 fully saturated rings. The van der Waals surface area contributed by atoms with Gasteiger partial charge in [-0.05, 0) is 23.6 Å². The predicted octanol–water partition coefficient (Wildman–Crippen LogP) is 3.80. The van der Waals surface area contributed by atoms with Gasteiger partial charge in [0.25, 0.3) is 5.69 Å². The summed E-state index contributed by atoms with van der Waals surface area (Å²) >= 11 is 0. The third-order valence-electron chi connectivity index (χ3n) is 3.05. The van der Waals surface area contributed by atoms with Gasteiger partial charge in [-0.3, -0.25) is 16.0 Å². The zero-order valence-corrected chi connectivity index (χ0v) is 11.9. The van der Waals surface area contributed by atoms with Gasteiger partial charge in [0.05, 0.1) is 16.7 Å². The molecule has 0 aromatic heterocycles. The summed E-state index contributed by atoms with van der Waals surface area (Å²) in [4.78, 5) is 10.4. The van der Waals surface area contributed by atoms with E-state index in [0.717, 1.165) is 0 Å². The number of benzene rings is 2. The van der Waals surface area contributed by atoms with Gasteiger partial charge in [-0.25, -0.2) is 0 Å². The Hall–Kier alpha value is -2.60. The summed E-state index contributed by atoms with van der Waals surface area (Å²) < 4.78 is 5.65. The van der Waals surface area contributed by atoms with Crippen molar-refractivity contribution >= 4 is 11.4 Å². The first-order valence-corrected chi connectivity index (χ1v) is 6.53. The topological polar surface area (TPSA) is 90.4 Å². The molecule has 2 aromatic carbocycles. The van der Waals surface area contributed by atoms with E-state index in [4.69, 9.17) is 10.6 Å². The van der Waals surface area contributed by atoms with Crippen molar-refractivity contribution in [1.29, 1.82) is 0 Å². The standard InChI is InChI=1S/C15H17N3O3/c1-10(2)11-3-5-14(6-4-11)21-15-8-12(17-16)7-13(9-15)18(19)20/h3-10,17H,16H2,1-2H3. The lowest BCUT2D eigenvalue weighted by Crippen LogP contribution is -2.07. The first-order valence-electron chi connectivity index (χ1n) is 6.53. The smallest absolute Gasteiger partial charge is 0.275 e. The van der Waals surface area contributed by atoms with Gasteiger partial charge in [-0.1, -0.05) is 26.0 Å². The minimum Gasteiger partial charge on any atom is -0.457 e. The number of nitrogen functional groups attached to an aromatic ring is 1. The van der Waals surface area contributed by atoms with Crippen LogP contribution < -0.4 is 16.0 Å². The van der Waals surface area contributed by atoms with Crippen molar-refractivity contribution in [2.24, 2.45) is 5.84 Å². The number of anilines is 1. The number of ether oxygens (including phenoxy) is 1. The van der Waals surface area contributed by atoms with E-state index in [-0.39, 0.29) is 5.69 Å². The number of nitro benzene ring substituents is 1. The third-order valence-corrected chi connectivity index (χ3v) is 3.05. The fourth-order valence-corrected chi connectivity index (χ4v) is 1.89. The molecular weight excluding hydrogens is 270 g/mol. The Morgan fingerprint density at radius 3 is 2.33 bits per heavy atom. The van der Waals surface area contributed by atoms with E-state index in [2.05, 4.69) is 19.3 Å². The highest BCUT2D eigenvalue weighted by Gasteiger charge is 2.11. The first kappa shape index (κ1) is 14.8. The van der Waals surface area contributed by atoms with Crippen LogP contribution in [0.15, 0.2) is 42.5 Å². The lowest BCUT2D eigenvalue weighted by molar-refractivity contribution is -0.384. The van der Waals surface area contributed by atoms with Gasteiger partial charge in [-0.2, -0.15) is 0 Å². The molecule has 0 amide bonds. The van der Waals surface area contributed by atoms with Crippen molar-refractivity contribution in [3.05, 3.63) is 58.1 Å². The molecule has 21 heavy (non-hydrogen) atoms. The van der Waals surface area contributed by atoms with Crippen molar-refractivity contribution in [1.82, 2.24) is 0 Å². The van der Waals surface area contributed by atoms with Gasteiger partial charge in [0.15, 0.2) is 0 Å². The Kier molecular flexibility index (Phi) is 4.39. The van der Waals surface area contributed by atoms with Crippen LogP contribution in [0.5, 0.6) is 11.5 Å². The summed E-state index contributed by atoms with van der Waals surface area (Å²) in [6.45, 7) is 4.21. The van der Waals surface area contributed by atoms with Crippen LogP contribution in [0, 0.1) is 10.1 Å². The molecule has 0 aliphatic carbocycles. The molecule has 0 atom stereocenters. The molecule has 0 saturated carbocycles. The zero-order chi connectivity index (χ0) is 15.4. The number of non-ortho nitro benzene ring substituents is 1.